The van der Waals surface area contributed by atoms with Crippen LogP contribution in [0.1, 0.15) is 27.7 Å². The highest BCUT2D eigenvalue weighted by atomic mass is 32.2. The Morgan fingerprint density at radius 1 is 1.43 bits per heavy atom. The summed E-state index contributed by atoms with van der Waals surface area (Å²) in [5.41, 5.74) is 0. The highest BCUT2D eigenvalue weighted by molar-refractivity contribution is 8.04. The van der Waals surface area contributed by atoms with Crippen molar-refractivity contribution in [2.75, 3.05) is 6.61 Å². The maximum absolute atomic E-state index is 11.6. The summed E-state index contributed by atoms with van der Waals surface area (Å²) >= 11 is 1.30. The number of thioether (sulfide) groups is 1. The number of rotatable bonds is 1. The van der Waals surface area contributed by atoms with Crippen LogP contribution >= 0.6 is 11.8 Å². The zero-order valence-electron chi connectivity index (χ0n) is 12.5. The third kappa shape index (κ3) is 2.73. The Labute approximate surface area is 127 Å². The number of ether oxygens (including phenoxy) is 4. The number of aliphatic hydroxyl groups excluding tert-OH is 1. The zero-order chi connectivity index (χ0) is 15.4. The number of Topliss-reactive ketones (excluding diaryl/α,β-unsaturated/α-hetero) is 1. The summed E-state index contributed by atoms with van der Waals surface area (Å²) in [7, 11) is 0. The van der Waals surface area contributed by atoms with E-state index in [1.54, 1.807) is 20.8 Å². The number of hydrogen-bond donors (Lipinski definition) is 1. The highest BCUT2D eigenvalue weighted by Crippen LogP contribution is 2.43. The molecule has 3 aliphatic rings. The van der Waals surface area contributed by atoms with Crippen LogP contribution in [0.15, 0.2) is 10.7 Å². The van der Waals surface area contributed by atoms with E-state index in [4.69, 9.17) is 18.9 Å². The number of aliphatic hydroxyl groups is 1. The molecule has 0 bridgehead atoms. The van der Waals surface area contributed by atoms with Crippen LogP contribution < -0.4 is 0 Å². The highest BCUT2D eigenvalue weighted by Gasteiger charge is 2.53. The lowest BCUT2D eigenvalue weighted by molar-refractivity contribution is -0.359. The van der Waals surface area contributed by atoms with Crippen molar-refractivity contribution in [3.63, 3.8) is 0 Å². The number of hydrogen-bond acceptors (Lipinski definition) is 7. The van der Waals surface area contributed by atoms with Crippen LogP contribution in [-0.4, -0.2) is 53.1 Å². The predicted molar refractivity (Wildman–Crippen MR) is 75.4 cm³/mol. The molecule has 3 aliphatic heterocycles. The molecule has 2 saturated heterocycles. The summed E-state index contributed by atoms with van der Waals surface area (Å²) in [6, 6.07) is 0. The van der Waals surface area contributed by atoms with Crippen LogP contribution in [0, 0.1) is 0 Å². The molecule has 21 heavy (non-hydrogen) atoms. The molecule has 1 N–H and O–H groups in total. The van der Waals surface area contributed by atoms with Gasteiger partial charge in [0.05, 0.1) is 11.5 Å². The second kappa shape index (κ2) is 5.24. The quantitative estimate of drug-likeness (QED) is 0.778. The largest absolute Gasteiger partial charge is 0.467 e. The van der Waals surface area contributed by atoms with E-state index in [0.717, 1.165) is 0 Å². The molecule has 0 amide bonds. The van der Waals surface area contributed by atoms with Crippen LogP contribution in [-0.2, 0) is 23.7 Å². The van der Waals surface area contributed by atoms with Gasteiger partial charge in [-0.05, 0) is 27.7 Å². The third-order valence-corrected chi connectivity index (χ3v) is 5.40. The average molecular weight is 316 g/mol. The molecule has 3 heterocycles. The number of carbonyl (C=O) groups excluding carboxylic acids is 1. The van der Waals surface area contributed by atoms with Gasteiger partial charge in [0.15, 0.2) is 11.6 Å². The smallest absolute Gasteiger partial charge is 0.214 e. The molecular weight excluding hydrogens is 296 g/mol. The molecule has 0 saturated carbocycles. The molecule has 0 aromatic carbocycles. The van der Waals surface area contributed by atoms with Gasteiger partial charge in [-0.1, -0.05) is 0 Å². The molecule has 118 valence electrons. The Morgan fingerprint density at radius 2 is 2.14 bits per heavy atom. The second-order valence-corrected chi connectivity index (χ2v) is 7.16. The Morgan fingerprint density at radius 3 is 2.81 bits per heavy atom. The van der Waals surface area contributed by atoms with Gasteiger partial charge >= 0.3 is 0 Å². The van der Waals surface area contributed by atoms with E-state index in [9.17, 15) is 9.90 Å². The van der Waals surface area contributed by atoms with E-state index in [-0.39, 0.29) is 17.1 Å². The number of ketones is 1. The van der Waals surface area contributed by atoms with Crippen LogP contribution in [0.3, 0.4) is 0 Å². The fourth-order valence-electron chi connectivity index (χ4n) is 2.82. The van der Waals surface area contributed by atoms with Gasteiger partial charge in [0.25, 0.3) is 0 Å². The van der Waals surface area contributed by atoms with Crippen molar-refractivity contribution in [1.29, 1.82) is 0 Å². The van der Waals surface area contributed by atoms with Crippen LogP contribution in [0.2, 0.25) is 0 Å². The average Bonchev–Trinajstić information content (AvgIpc) is 2.38. The van der Waals surface area contributed by atoms with Crippen molar-refractivity contribution in [2.45, 2.75) is 63.3 Å². The molecule has 0 aromatic rings. The summed E-state index contributed by atoms with van der Waals surface area (Å²) in [6.45, 7) is 7.17. The van der Waals surface area contributed by atoms with Gasteiger partial charge in [-0.3, -0.25) is 4.79 Å². The Bertz CT molecular complexity index is 488. The van der Waals surface area contributed by atoms with Gasteiger partial charge in [0.2, 0.25) is 6.29 Å². The van der Waals surface area contributed by atoms with Gasteiger partial charge in [0, 0.05) is 0 Å². The summed E-state index contributed by atoms with van der Waals surface area (Å²) in [5, 5.41) is 10.2. The maximum atomic E-state index is 11.6. The van der Waals surface area contributed by atoms with Gasteiger partial charge < -0.3 is 24.1 Å². The normalized spacial score (nSPS) is 41.9. The lowest BCUT2D eigenvalue weighted by atomic mass is 9.99. The molecule has 3 rings (SSSR count). The van der Waals surface area contributed by atoms with Crippen molar-refractivity contribution < 1.29 is 28.8 Å². The first-order valence-corrected chi connectivity index (χ1v) is 7.87. The summed E-state index contributed by atoms with van der Waals surface area (Å²) in [5.74, 6) is -0.288. The summed E-state index contributed by atoms with van der Waals surface area (Å²) in [6.07, 6.45) is -2.24. The molecule has 0 spiro atoms. The fraction of sp³-hybridized carbons (Fsp3) is 0.786. The Balaban J connectivity index is 1.84. The fourth-order valence-corrected chi connectivity index (χ4v) is 3.99. The maximum Gasteiger partial charge on any atom is 0.214 e. The van der Waals surface area contributed by atoms with E-state index in [1.165, 1.54) is 18.7 Å². The number of carbonyl (C=O) groups is 1. The molecule has 5 atom stereocenters. The minimum Gasteiger partial charge on any atom is -0.467 e. The van der Waals surface area contributed by atoms with E-state index >= 15 is 0 Å². The first kappa shape index (κ1) is 15.3. The van der Waals surface area contributed by atoms with Gasteiger partial charge in [0.1, 0.15) is 29.3 Å². The van der Waals surface area contributed by atoms with Crippen LogP contribution in [0.4, 0.5) is 0 Å². The van der Waals surface area contributed by atoms with Gasteiger partial charge in [-0.25, -0.2) is 0 Å². The summed E-state index contributed by atoms with van der Waals surface area (Å²) < 4.78 is 22.9. The van der Waals surface area contributed by atoms with Crippen molar-refractivity contribution in [1.82, 2.24) is 0 Å². The van der Waals surface area contributed by atoms with Crippen molar-refractivity contribution in [3.05, 3.63) is 10.7 Å². The Hall–Kier alpha value is -0.600. The molecule has 0 aromatic heterocycles. The van der Waals surface area contributed by atoms with E-state index in [1.807, 2.05) is 0 Å². The first-order chi connectivity index (χ1) is 9.78. The standard InChI is InChI=1S/C14H20O6S/c1-6(15)11-7(2)18-13-12(21-11)9(16)10-8(19-13)5-17-14(3,4)20-10/h8-10,12-13,16H,5H2,1-4H3/t8-,9+,10-,12+,13-/m1/s1. The molecule has 6 nitrogen and oxygen atoms in total. The molecule has 0 aliphatic carbocycles. The number of fused-ring (bicyclic) bond motifs is 2. The molecule has 2 fully saturated rings. The van der Waals surface area contributed by atoms with Crippen LogP contribution in [0.25, 0.3) is 0 Å². The zero-order valence-corrected chi connectivity index (χ0v) is 13.3. The predicted octanol–water partition coefficient (Wildman–Crippen LogP) is 1.18. The van der Waals surface area contributed by atoms with Crippen LogP contribution in [0.5, 0.6) is 0 Å². The third-order valence-electron chi connectivity index (χ3n) is 3.82. The topological polar surface area (TPSA) is 74.2 Å². The van der Waals surface area contributed by atoms with Gasteiger partial charge in [-0.15, -0.1) is 11.8 Å². The molecular formula is C14H20O6S. The van der Waals surface area contributed by atoms with E-state index < -0.39 is 24.3 Å². The molecule has 7 heteroatoms. The van der Waals surface area contributed by atoms with Crippen molar-refractivity contribution in [3.8, 4) is 0 Å². The molecule has 0 radical (unpaired) electrons. The minimum atomic E-state index is -0.788. The SMILES string of the molecule is CC(=O)C1=C(C)O[C@@H]2O[C@@H]3COC(C)(C)O[C@H]3[C@H](O)[C@@H]2S1. The lowest BCUT2D eigenvalue weighted by Gasteiger charge is -2.50. The minimum absolute atomic E-state index is 0.0708. The molecule has 0 unspecified atom stereocenters. The number of allylic oxidation sites excluding steroid dienone is 2. The Kier molecular flexibility index (Phi) is 3.82. The van der Waals surface area contributed by atoms with E-state index in [2.05, 4.69) is 0 Å². The van der Waals surface area contributed by atoms with Gasteiger partial charge in [-0.2, -0.15) is 0 Å². The monoisotopic (exact) mass is 316 g/mol. The first-order valence-electron chi connectivity index (χ1n) is 6.99. The summed E-state index contributed by atoms with van der Waals surface area (Å²) in [4.78, 5) is 12.2. The van der Waals surface area contributed by atoms with E-state index in [0.29, 0.717) is 17.3 Å². The lowest BCUT2D eigenvalue weighted by Crippen LogP contribution is -2.64. The van der Waals surface area contributed by atoms with Crippen molar-refractivity contribution in [2.24, 2.45) is 0 Å². The second-order valence-electron chi connectivity index (χ2n) is 5.97. The van der Waals surface area contributed by atoms with Crippen molar-refractivity contribution >= 4 is 17.5 Å².